The molecule has 1 aromatic rings. The summed E-state index contributed by atoms with van der Waals surface area (Å²) in [4.78, 5) is 2.64. The number of rotatable bonds is 8. The van der Waals surface area contributed by atoms with E-state index in [1.165, 1.54) is 7.11 Å². The number of hydrogen-bond acceptors (Lipinski definition) is 3. The van der Waals surface area contributed by atoms with E-state index in [1.54, 1.807) is 18.4 Å². The van der Waals surface area contributed by atoms with E-state index in [4.69, 9.17) is 10.3 Å². The van der Waals surface area contributed by atoms with Crippen molar-refractivity contribution in [3.63, 3.8) is 0 Å². The van der Waals surface area contributed by atoms with Gasteiger partial charge in [0.05, 0.1) is 18.4 Å². The molecule has 0 aliphatic rings. The highest BCUT2D eigenvalue weighted by molar-refractivity contribution is 7.90. The molecular weight excluding hydrogens is 293 g/mol. The van der Waals surface area contributed by atoms with Crippen LogP contribution in [0.2, 0.25) is 0 Å². The number of ether oxygens (including phenoxy) is 1. The van der Waals surface area contributed by atoms with Gasteiger partial charge < -0.3 is 9.29 Å². The first-order valence-electron chi connectivity index (χ1n) is 6.31. The summed E-state index contributed by atoms with van der Waals surface area (Å²) in [5.41, 5.74) is 10.1. The molecule has 0 saturated carbocycles. The van der Waals surface area contributed by atoms with E-state index in [1.807, 2.05) is 24.3 Å². The molecule has 0 fully saturated rings. The summed E-state index contributed by atoms with van der Waals surface area (Å²) >= 11 is -0.857. The molecule has 0 heterocycles. The van der Waals surface area contributed by atoms with E-state index in [2.05, 4.69) is 10.0 Å². The van der Waals surface area contributed by atoms with Crippen molar-refractivity contribution in [2.24, 2.45) is 5.11 Å². The molecule has 0 aromatic heterocycles. The number of alkyl halides is 1. The summed E-state index contributed by atoms with van der Waals surface area (Å²) in [6.45, 7) is -0.785. The minimum atomic E-state index is -0.885. The fourth-order valence-corrected chi connectivity index (χ4v) is 2.24. The zero-order valence-corrected chi connectivity index (χ0v) is 12.8. The Bertz CT molecular complexity index is 501. The van der Waals surface area contributed by atoms with Crippen molar-refractivity contribution < 1.29 is 13.7 Å². The first kappa shape index (κ1) is 17.5. The maximum atomic E-state index is 12.9. The van der Waals surface area contributed by atoms with E-state index >= 15 is 0 Å². The van der Waals surface area contributed by atoms with Gasteiger partial charge in [-0.1, -0.05) is 46.6 Å². The van der Waals surface area contributed by atoms with Crippen LogP contribution in [0, 0.1) is 0 Å². The number of halogens is 1. The molecular formula is C14H18FN3O2S. The monoisotopic (exact) mass is 311 g/mol. The van der Waals surface area contributed by atoms with Gasteiger partial charge in [-0.15, -0.1) is 0 Å². The molecule has 21 heavy (non-hydrogen) atoms. The summed E-state index contributed by atoms with van der Waals surface area (Å²) in [5.74, 6) is 0.503. The van der Waals surface area contributed by atoms with Gasteiger partial charge in [0.1, 0.15) is 12.4 Å². The van der Waals surface area contributed by atoms with Gasteiger partial charge in [0.2, 0.25) is 0 Å². The van der Waals surface area contributed by atoms with Crippen molar-refractivity contribution in [3.8, 4) is 0 Å². The van der Waals surface area contributed by atoms with Gasteiger partial charge in [0, 0.05) is 12.0 Å². The summed E-state index contributed by atoms with van der Waals surface area (Å²) in [7, 11) is 1.45. The van der Waals surface area contributed by atoms with E-state index in [0.29, 0.717) is 5.75 Å². The SMILES string of the molecule is CO[C@H](c1ccc(/C=C/C[S+](C)[O-])cc1)[C@@H](CF)N=[N+]=[N-]. The Morgan fingerprint density at radius 2 is 2.14 bits per heavy atom. The second-order valence-electron chi connectivity index (χ2n) is 4.39. The summed E-state index contributed by atoms with van der Waals surface area (Å²) in [6.07, 6.45) is 4.73. The summed E-state index contributed by atoms with van der Waals surface area (Å²) in [6, 6.07) is 6.41. The predicted octanol–water partition coefficient (Wildman–Crippen LogP) is 3.41. The molecule has 5 nitrogen and oxygen atoms in total. The first-order chi connectivity index (χ1) is 10.1. The molecule has 7 heteroatoms. The predicted molar refractivity (Wildman–Crippen MR) is 83.1 cm³/mol. The Morgan fingerprint density at radius 1 is 1.48 bits per heavy atom. The molecule has 0 bridgehead atoms. The van der Waals surface area contributed by atoms with Gasteiger partial charge in [-0.05, 0) is 22.7 Å². The minimum absolute atomic E-state index is 0.503. The van der Waals surface area contributed by atoms with Gasteiger partial charge in [-0.2, -0.15) is 0 Å². The molecule has 0 aliphatic carbocycles. The molecule has 1 unspecified atom stereocenters. The van der Waals surface area contributed by atoms with Gasteiger partial charge in [0.25, 0.3) is 0 Å². The molecule has 0 radical (unpaired) electrons. The molecule has 0 saturated heterocycles. The molecule has 0 N–H and O–H groups in total. The van der Waals surface area contributed by atoms with E-state index < -0.39 is 30.0 Å². The Morgan fingerprint density at radius 3 is 2.62 bits per heavy atom. The van der Waals surface area contributed by atoms with Gasteiger partial charge in [0.15, 0.2) is 0 Å². The average Bonchev–Trinajstić information content (AvgIpc) is 2.48. The van der Waals surface area contributed by atoms with Gasteiger partial charge >= 0.3 is 0 Å². The second kappa shape index (κ2) is 9.41. The van der Waals surface area contributed by atoms with E-state index in [-0.39, 0.29) is 0 Å². The van der Waals surface area contributed by atoms with Crippen LogP contribution < -0.4 is 0 Å². The lowest BCUT2D eigenvalue weighted by molar-refractivity contribution is 0.0722. The van der Waals surface area contributed by atoms with Crippen LogP contribution in [0.15, 0.2) is 35.5 Å². The third-order valence-corrected chi connectivity index (χ3v) is 3.53. The van der Waals surface area contributed by atoms with Gasteiger partial charge in [-0.25, -0.2) is 0 Å². The normalized spacial score (nSPS) is 15.4. The molecule has 0 amide bonds. The number of benzene rings is 1. The van der Waals surface area contributed by atoms with Crippen LogP contribution in [-0.2, 0) is 15.9 Å². The van der Waals surface area contributed by atoms with Crippen molar-refractivity contribution >= 4 is 17.3 Å². The topological polar surface area (TPSA) is 81.0 Å². The first-order valence-corrected chi connectivity index (χ1v) is 8.04. The number of hydrogen-bond donors (Lipinski definition) is 0. The molecule has 0 spiro atoms. The third-order valence-electron chi connectivity index (χ3n) is 2.87. The highest BCUT2D eigenvalue weighted by atomic mass is 32.2. The third kappa shape index (κ3) is 5.77. The van der Waals surface area contributed by atoms with Crippen LogP contribution in [0.3, 0.4) is 0 Å². The average molecular weight is 311 g/mol. The lowest BCUT2D eigenvalue weighted by Gasteiger charge is -2.20. The molecule has 3 atom stereocenters. The molecule has 114 valence electrons. The highest BCUT2D eigenvalue weighted by Crippen LogP contribution is 2.24. The lowest BCUT2D eigenvalue weighted by atomic mass is 10.0. The van der Waals surface area contributed by atoms with E-state index in [9.17, 15) is 8.94 Å². The minimum Gasteiger partial charge on any atom is -0.616 e. The quantitative estimate of drug-likeness (QED) is 0.319. The Balaban J connectivity index is 2.83. The lowest BCUT2D eigenvalue weighted by Crippen LogP contribution is -2.20. The van der Waals surface area contributed by atoms with Crippen molar-refractivity contribution in [2.45, 2.75) is 12.1 Å². The number of methoxy groups -OCH3 is 1. The second-order valence-corrected chi connectivity index (χ2v) is 5.87. The van der Waals surface area contributed by atoms with Crippen molar-refractivity contribution in [3.05, 3.63) is 51.9 Å². The van der Waals surface area contributed by atoms with Crippen LogP contribution in [0.25, 0.3) is 16.5 Å². The zero-order valence-electron chi connectivity index (χ0n) is 12.0. The van der Waals surface area contributed by atoms with Crippen LogP contribution in [0.4, 0.5) is 4.39 Å². The van der Waals surface area contributed by atoms with Crippen LogP contribution in [0.1, 0.15) is 17.2 Å². The Labute approximate surface area is 126 Å². The Hall–Kier alpha value is -1.53. The van der Waals surface area contributed by atoms with Crippen LogP contribution >= 0.6 is 0 Å². The standard InChI is InChI=1S/C14H18FN3O2S/c1-20-14(13(10-15)17-18-16)12-7-5-11(6-8-12)4-3-9-21(2)19/h3-8,13-14H,9-10H2,1-2H3/b4-3+/t13-,14-,21?/m1/s1. The highest BCUT2D eigenvalue weighted by Gasteiger charge is 2.21. The Kier molecular flexibility index (Phi) is 7.85. The van der Waals surface area contributed by atoms with Gasteiger partial charge in [-0.3, -0.25) is 4.39 Å². The van der Waals surface area contributed by atoms with E-state index in [0.717, 1.165) is 11.1 Å². The maximum absolute atomic E-state index is 12.9. The van der Waals surface area contributed by atoms with Crippen molar-refractivity contribution in [1.82, 2.24) is 0 Å². The smallest absolute Gasteiger partial charge is 0.123 e. The fraction of sp³-hybridized carbons (Fsp3) is 0.429. The van der Waals surface area contributed by atoms with Crippen molar-refractivity contribution in [1.29, 1.82) is 0 Å². The van der Waals surface area contributed by atoms with Crippen LogP contribution in [0.5, 0.6) is 0 Å². The maximum Gasteiger partial charge on any atom is 0.123 e. The number of azide groups is 1. The largest absolute Gasteiger partial charge is 0.616 e. The van der Waals surface area contributed by atoms with Crippen molar-refractivity contribution in [2.75, 3.05) is 25.8 Å². The molecule has 1 aromatic carbocycles. The van der Waals surface area contributed by atoms with Crippen LogP contribution in [-0.4, -0.2) is 36.4 Å². The zero-order chi connectivity index (χ0) is 15.7. The summed E-state index contributed by atoms with van der Waals surface area (Å²) < 4.78 is 29.1. The fourth-order valence-electron chi connectivity index (χ4n) is 1.87. The summed E-state index contributed by atoms with van der Waals surface area (Å²) in [5, 5.41) is 3.41. The number of nitrogens with zero attached hydrogens (tertiary/aromatic N) is 3. The molecule has 1 rings (SSSR count). The molecule has 0 aliphatic heterocycles.